The van der Waals surface area contributed by atoms with Crippen molar-refractivity contribution < 1.29 is 0 Å². The number of hydrogen-bond donors (Lipinski definition) is 2. The van der Waals surface area contributed by atoms with E-state index < -0.39 is 0 Å². The van der Waals surface area contributed by atoms with Crippen molar-refractivity contribution in [2.45, 2.75) is 39.8 Å². The first-order chi connectivity index (χ1) is 12.1. The molecule has 1 aliphatic heterocycles. The van der Waals surface area contributed by atoms with Crippen LogP contribution in [0.25, 0.3) is 0 Å². The van der Waals surface area contributed by atoms with Gasteiger partial charge in [-0.1, -0.05) is 31.2 Å². The minimum absolute atomic E-state index is 0.514. The molecule has 0 amide bonds. The second-order valence-corrected chi connectivity index (χ2v) is 6.89. The Morgan fingerprint density at radius 3 is 2.40 bits per heavy atom. The Kier molecular flexibility index (Phi) is 8.22. The molecule has 0 spiro atoms. The first-order valence-electron chi connectivity index (χ1n) is 9.65. The molecule has 0 radical (unpaired) electrons. The van der Waals surface area contributed by atoms with Crippen LogP contribution in [0.5, 0.6) is 0 Å². The van der Waals surface area contributed by atoms with Gasteiger partial charge in [-0.25, -0.2) is 4.99 Å². The summed E-state index contributed by atoms with van der Waals surface area (Å²) >= 11 is 0. The van der Waals surface area contributed by atoms with Gasteiger partial charge in [-0.2, -0.15) is 0 Å². The molecule has 1 heterocycles. The molecule has 1 atom stereocenters. The highest BCUT2D eigenvalue weighted by atomic mass is 15.3. The van der Waals surface area contributed by atoms with E-state index >= 15 is 0 Å². The van der Waals surface area contributed by atoms with Gasteiger partial charge in [-0.05, 0) is 38.4 Å². The zero-order valence-corrected chi connectivity index (χ0v) is 16.4. The van der Waals surface area contributed by atoms with Gasteiger partial charge in [0.1, 0.15) is 0 Å². The molecular formula is C20H35N5. The smallest absolute Gasteiger partial charge is 0.191 e. The molecule has 1 aromatic carbocycles. The fraction of sp³-hybridized carbons (Fsp3) is 0.650. The third kappa shape index (κ3) is 6.33. The lowest BCUT2D eigenvalue weighted by Crippen LogP contribution is -2.52. The average Bonchev–Trinajstić information content (AvgIpc) is 2.64. The fourth-order valence-corrected chi connectivity index (χ4v) is 3.20. The Morgan fingerprint density at radius 2 is 1.76 bits per heavy atom. The van der Waals surface area contributed by atoms with Crippen molar-refractivity contribution in [2.24, 2.45) is 4.99 Å². The Balaban J connectivity index is 1.89. The number of nitrogens with one attached hydrogen (secondary N) is 2. The van der Waals surface area contributed by atoms with Crippen LogP contribution in [0, 0.1) is 0 Å². The molecule has 1 aromatic rings. The van der Waals surface area contributed by atoms with Crippen molar-refractivity contribution in [1.82, 2.24) is 20.4 Å². The van der Waals surface area contributed by atoms with Gasteiger partial charge in [-0.3, -0.25) is 4.90 Å². The fourth-order valence-electron chi connectivity index (χ4n) is 3.20. The second-order valence-electron chi connectivity index (χ2n) is 6.89. The number of rotatable bonds is 7. The standard InChI is InChI=1S/C20H35N5/c1-5-18-9-7-8-10-19(18)16-23-20(21-6-2)22-15-17(3)25-13-11-24(4)12-14-25/h7-10,17H,5-6,11-16H2,1-4H3,(H2,21,22,23). The first kappa shape index (κ1) is 19.7. The maximum Gasteiger partial charge on any atom is 0.191 e. The molecule has 2 N–H and O–H groups in total. The highest BCUT2D eigenvalue weighted by Crippen LogP contribution is 2.10. The van der Waals surface area contributed by atoms with Crippen molar-refractivity contribution in [3.05, 3.63) is 35.4 Å². The molecular weight excluding hydrogens is 310 g/mol. The van der Waals surface area contributed by atoms with Crippen LogP contribution in [0.15, 0.2) is 29.3 Å². The van der Waals surface area contributed by atoms with E-state index in [1.807, 2.05) is 0 Å². The summed E-state index contributed by atoms with van der Waals surface area (Å²) in [6.45, 7) is 13.8. The lowest BCUT2D eigenvalue weighted by atomic mass is 10.1. The molecule has 25 heavy (non-hydrogen) atoms. The highest BCUT2D eigenvalue weighted by Gasteiger charge is 2.19. The minimum Gasteiger partial charge on any atom is -0.357 e. The monoisotopic (exact) mass is 345 g/mol. The topological polar surface area (TPSA) is 42.9 Å². The maximum atomic E-state index is 4.79. The molecule has 1 saturated heterocycles. The van der Waals surface area contributed by atoms with E-state index in [9.17, 15) is 0 Å². The first-order valence-corrected chi connectivity index (χ1v) is 9.65. The zero-order valence-electron chi connectivity index (χ0n) is 16.4. The number of nitrogens with zero attached hydrogens (tertiary/aromatic N) is 3. The van der Waals surface area contributed by atoms with E-state index in [1.165, 1.54) is 11.1 Å². The maximum absolute atomic E-state index is 4.79. The quantitative estimate of drug-likeness (QED) is 0.585. The van der Waals surface area contributed by atoms with E-state index in [2.05, 4.69) is 72.5 Å². The molecule has 0 aliphatic carbocycles. The molecule has 0 bridgehead atoms. The van der Waals surface area contributed by atoms with Crippen molar-refractivity contribution in [3.8, 4) is 0 Å². The molecule has 1 aliphatic rings. The summed E-state index contributed by atoms with van der Waals surface area (Å²) in [5.74, 6) is 0.911. The van der Waals surface area contributed by atoms with Gasteiger partial charge in [0, 0.05) is 45.3 Å². The van der Waals surface area contributed by atoms with Gasteiger partial charge in [0.25, 0.3) is 0 Å². The molecule has 0 saturated carbocycles. The summed E-state index contributed by atoms with van der Waals surface area (Å²) in [5, 5.41) is 6.89. The summed E-state index contributed by atoms with van der Waals surface area (Å²) in [6, 6.07) is 9.09. The Labute approximate surface area is 153 Å². The summed E-state index contributed by atoms with van der Waals surface area (Å²) < 4.78 is 0. The number of piperazine rings is 1. The van der Waals surface area contributed by atoms with Gasteiger partial charge in [-0.15, -0.1) is 0 Å². The summed E-state index contributed by atoms with van der Waals surface area (Å²) in [4.78, 5) is 9.74. The van der Waals surface area contributed by atoms with Crippen molar-refractivity contribution >= 4 is 5.96 Å². The summed E-state index contributed by atoms with van der Waals surface area (Å²) in [5.41, 5.74) is 2.70. The van der Waals surface area contributed by atoms with Gasteiger partial charge in [0.05, 0.1) is 6.54 Å². The highest BCUT2D eigenvalue weighted by molar-refractivity contribution is 5.79. The predicted octanol–water partition coefficient (Wildman–Crippen LogP) is 1.94. The van der Waals surface area contributed by atoms with Gasteiger partial charge in [0.15, 0.2) is 5.96 Å². The number of benzene rings is 1. The lowest BCUT2D eigenvalue weighted by molar-refractivity contribution is 0.120. The van der Waals surface area contributed by atoms with Crippen LogP contribution in [-0.4, -0.2) is 68.1 Å². The Bertz CT molecular complexity index is 535. The third-order valence-electron chi connectivity index (χ3n) is 4.98. The lowest BCUT2D eigenvalue weighted by Gasteiger charge is -2.36. The van der Waals surface area contributed by atoms with E-state index in [0.717, 1.165) is 58.2 Å². The van der Waals surface area contributed by atoms with Crippen LogP contribution in [0.4, 0.5) is 0 Å². The number of guanidine groups is 1. The van der Waals surface area contributed by atoms with Crippen LogP contribution in [0.3, 0.4) is 0 Å². The SMILES string of the molecule is CCNC(=NCc1ccccc1CC)NCC(C)N1CCN(C)CC1. The molecule has 1 fully saturated rings. The van der Waals surface area contributed by atoms with Crippen LogP contribution in [-0.2, 0) is 13.0 Å². The number of aryl methyl sites for hydroxylation is 1. The van der Waals surface area contributed by atoms with Crippen LogP contribution in [0.1, 0.15) is 31.9 Å². The van der Waals surface area contributed by atoms with Crippen molar-refractivity contribution in [1.29, 1.82) is 0 Å². The normalized spacial score (nSPS) is 18.2. The van der Waals surface area contributed by atoms with Crippen molar-refractivity contribution in [3.63, 3.8) is 0 Å². The van der Waals surface area contributed by atoms with Crippen LogP contribution < -0.4 is 10.6 Å². The molecule has 2 rings (SSSR count). The van der Waals surface area contributed by atoms with Crippen molar-refractivity contribution in [2.75, 3.05) is 46.3 Å². The molecule has 140 valence electrons. The molecule has 1 unspecified atom stereocenters. The Morgan fingerprint density at radius 1 is 1.08 bits per heavy atom. The minimum atomic E-state index is 0.514. The van der Waals surface area contributed by atoms with Gasteiger partial charge in [0.2, 0.25) is 0 Å². The van der Waals surface area contributed by atoms with E-state index in [1.54, 1.807) is 0 Å². The Hall–Kier alpha value is -1.59. The predicted molar refractivity (Wildman–Crippen MR) is 107 cm³/mol. The average molecular weight is 346 g/mol. The largest absolute Gasteiger partial charge is 0.357 e. The molecule has 0 aromatic heterocycles. The van der Waals surface area contributed by atoms with Crippen LogP contribution >= 0.6 is 0 Å². The molecule has 5 nitrogen and oxygen atoms in total. The third-order valence-corrected chi connectivity index (χ3v) is 4.98. The zero-order chi connectivity index (χ0) is 18.1. The van der Waals surface area contributed by atoms with E-state index in [-0.39, 0.29) is 0 Å². The number of aliphatic imine (C=N–C) groups is 1. The number of likely N-dealkylation sites (N-methyl/N-ethyl adjacent to an activating group) is 1. The van der Waals surface area contributed by atoms with Crippen LogP contribution in [0.2, 0.25) is 0 Å². The van der Waals surface area contributed by atoms with Gasteiger partial charge < -0.3 is 15.5 Å². The number of hydrogen-bond acceptors (Lipinski definition) is 3. The van der Waals surface area contributed by atoms with Gasteiger partial charge >= 0.3 is 0 Å². The van der Waals surface area contributed by atoms with E-state index in [4.69, 9.17) is 4.99 Å². The molecule has 5 heteroatoms. The summed E-state index contributed by atoms with van der Waals surface area (Å²) in [7, 11) is 2.20. The summed E-state index contributed by atoms with van der Waals surface area (Å²) in [6.07, 6.45) is 1.05. The van der Waals surface area contributed by atoms with E-state index in [0.29, 0.717) is 6.04 Å². The second kappa shape index (κ2) is 10.4.